The third-order valence-electron chi connectivity index (χ3n) is 7.14. The highest BCUT2D eigenvalue weighted by Crippen LogP contribution is 2.45. The number of hydrogen-bond donors (Lipinski definition) is 0. The molecular formula is C32H35F3N2O5S. The van der Waals surface area contributed by atoms with Crippen LogP contribution in [0, 0.1) is 6.92 Å². The van der Waals surface area contributed by atoms with Crippen LogP contribution in [0.2, 0.25) is 0 Å². The van der Waals surface area contributed by atoms with Gasteiger partial charge in [-0.15, -0.1) is 11.3 Å². The Balaban J connectivity index is 1.52. The van der Waals surface area contributed by atoms with E-state index in [4.69, 9.17) is 23.9 Å². The van der Waals surface area contributed by atoms with Crippen molar-refractivity contribution in [1.82, 2.24) is 9.55 Å². The molecule has 230 valence electrons. The van der Waals surface area contributed by atoms with E-state index in [2.05, 4.69) is 0 Å². The van der Waals surface area contributed by atoms with Crippen molar-refractivity contribution < 1.29 is 36.9 Å². The van der Waals surface area contributed by atoms with Gasteiger partial charge in [0.25, 0.3) is 0 Å². The molecule has 43 heavy (non-hydrogen) atoms. The van der Waals surface area contributed by atoms with Crippen LogP contribution in [0.5, 0.6) is 5.75 Å². The van der Waals surface area contributed by atoms with Gasteiger partial charge in [-0.2, -0.15) is 13.2 Å². The molecule has 5 rings (SSSR count). The Hall–Kier alpha value is -3.41. The van der Waals surface area contributed by atoms with E-state index < -0.39 is 29.2 Å². The lowest BCUT2D eigenvalue weighted by molar-refractivity contribution is -0.258. The second-order valence-electron chi connectivity index (χ2n) is 11.5. The molecule has 1 aliphatic heterocycles. The summed E-state index contributed by atoms with van der Waals surface area (Å²) in [7, 11) is 0. The highest BCUT2D eigenvalue weighted by molar-refractivity contribution is 7.15. The zero-order valence-electron chi connectivity index (χ0n) is 24.8. The van der Waals surface area contributed by atoms with Crippen molar-refractivity contribution in [3.63, 3.8) is 0 Å². The van der Waals surface area contributed by atoms with Gasteiger partial charge >= 0.3 is 12.1 Å². The Morgan fingerprint density at radius 1 is 1.07 bits per heavy atom. The summed E-state index contributed by atoms with van der Waals surface area (Å²) in [5.41, 5.74) is -0.362. The number of rotatable bonds is 8. The molecule has 3 heterocycles. The third-order valence-corrected chi connectivity index (χ3v) is 8.50. The number of nitrogens with zero attached hydrogens (tertiary/aromatic N) is 2. The van der Waals surface area contributed by atoms with E-state index in [1.807, 2.05) is 69.6 Å². The predicted octanol–water partition coefficient (Wildman–Crippen LogP) is 7.88. The maximum absolute atomic E-state index is 13.2. The fourth-order valence-electron chi connectivity index (χ4n) is 5.16. The number of thiazole rings is 1. The number of esters is 1. The number of fused-ring (bicyclic) bond motifs is 1. The van der Waals surface area contributed by atoms with Crippen molar-refractivity contribution in [3.8, 4) is 16.3 Å². The van der Waals surface area contributed by atoms with Gasteiger partial charge in [0, 0.05) is 17.8 Å². The van der Waals surface area contributed by atoms with Crippen LogP contribution in [0.3, 0.4) is 0 Å². The molecule has 4 aromatic rings. The molecule has 0 bridgehead atoms. The number of aromatic nitrogens is 2. The van der Waals surface area contributed by atoms with Gasteiger partial charge < -0.3 is 23.5 Å². The minimum absolute atomic E-state index is 0.0441. The lowest BCUT2D eigenvalue weighted by atomic mass is 9.95. The van der Waals surface area contributed by atoms with E-state index in [1.165, 1.54) is 23.5 Å². The first-order valence-electron chi connectivity index (χ1n) is 14.2. The van der Waals surface area contributed by atoms with Crippen LogP contribution >= 0.6 is 11.3 Å². The molecule has 0 spiro atoms. The van der Waals surface area contributed by atoms with Crippen molar-refractivity contribution in [2.75, 3.05) is 13.2 Å². The van der Waals surface area contributed by atoms with Crippen molar-refractivity contribution in [2.24, 2.45) is 0 Å². The average Bonchev–Trinajstić information content (AvgIpc) is 3.54. The molecule has 1 fully saturated rings. The SMILES string of the molecule is CCC(Oc1ccc2ccn(CC(=O)OC(C)(C)C)c2c1)(c1sc(-c2ccc(C(F)(F)F)cc2)nc1C)C1OCCCO1. The highest BCUT2D eigenvalue weighted by atomic mass is 32.1. The van der Waals surface area contributed by atoms with Gasteiger partial charge in [0.2, 0.25) is 6.29 Å². The summed E-state index contributed by atoms with van der Waals surface area (Å²) in [6, 6.07) is 12.6. The van der Waals surface area contributed by atoms with E-state index in [1.54, 1.807) is 0 Å². The van der Waals surface area contributed by atoms with Gasteiger partial charge in [0.1, 0.15) is 22.9 Å². The number of halogens is 3. The van der Waals surface area contributed by atoms with Crippen molar-refractivity contribution in [2.45, 2.75) is 77.7 Å². The van der Waals surface area contributed by atoms with E-state index >= 15 is 0 Å². The number of ether oxygens (including phenoxy) is 4. The van der Waals surface area contributed by atoms with E-state index in [0.717, 1.165) is 34.3 Å². The van der Waals surface area contributed by atoms with E-state index in [-0.39, 0.29) is 12.5 Å². The first kappa shape index (κ1) is 31.0. The number of alkyl halides is 3. The average molecular weight is 617 g/mol. The zero-order valence-corrected chi connectivity index (χ0v) is 25.6. The molecule has 0 radical (unpaired) electrons. The summed E-state index contributed by atoms with van der Waals surface area (Å²) >= 11 is 1.35. The summed E-state index contributed by atoms with van der Waals surface area (Å²) < 4.78 is 65.9. The molecule has 1 atom stereocenters. The molecule has 0 amide bonds. The Kier molecular flexibility index (Phi) is 8.61. The summed E-state index contributed by atoms with van der Waals surface area (Å²) in [5.74, 6) is 0.194. The summed E-state index contributed by atoms with van der Waals surface area (Å²) in [6.45, 7) is 10.3. The molecule has 1 saturated heterocycles. The van der Waals surface area contributed by atoms with Crippen molar-refractivity contribution >= 4 is 28.2 Å². The van der Waals surface area contributed by atoms with Gasteiger partial charge in [-0.1, -0.05) is 19.1 Å². The topological polar surface area (TPSA) is 71.8 Å². The number of aryl methyl sites for hydroxylation is 1. The van der Waals surface area contributed by atoms with Crippen LogP contribution in [0.25, 0.3) is 21.5 Å². The Morgan fingerprint density at radius 3 is 2.40 bits per heavy atom. The first-order chi connectivity index (χ1) is 20.3. The molecule has 2 aromatic carbocycles. The minimum atomic E-state index is -4.42. The molecule has 7 nitrogen and oxygen atoms in total. The maximum Gasteiger partial charge on any atom is 0.416 e. The van der Waals surface area contributed by atoms with Crippen molar-refractivity contribution in [1.29, 1.82) is 0 Å². The van der Waals surface area contributed by atoms with Crippen LogP contribution in [-0.4, -0.2) is 40.6 Å². The molecule has 0 N–H and O–H groups in total. The number of carbonyl (C=O) groups excluding carboxylic acids is 1. The Morgan fingerprint density at radius 2 is 1.77 bits per heavy atom. The second-order valence-corrected chi connectivity index (χ2v) is 12.5. The fraction of sp³-hybridized carbons (Fsp3) is 0.438. The molecule has 1 aliphatic rings. The molecule has 0 aliphatic carbocycles. The van der Waals surface area contributed by atoms with Crippen LogP contribution < -0.4 is 4.74 Å². The number of carbonyl (C=O) groups is 1. The second kappa shape index (κ2) is 11.9. The summed E-state index contributed by atoms with van der Waals surface area (Å²) in [4.78, 5) is 18.1. The summed E-state index contributed by atoms with van der Waals surface area (Å²) in [5, 5.41) is 1.50. The van der Waals surface area contributed by atoms with Gasteiger partial charge in [-0.05, 0) is 76.3 Å². The van der Waals surface area contributed by atoms with E-state index in [0.29, 0.717) is 41.6 Å². The first-order valence-corrected chi connectivity index (χ1v) is 15.0. The lowest BCUT2D eigenvalue weighted by Crippen LogP contribution is -2.49. The van der Waals surface area contributed by atoms with E-state index in [9.17, 15) is 18.0 Å². The van der Waals surface area contributed by atoms with Gasteiger partial charge in [-0.3, -0.25) is 4.79 Å². The Labute approximate surface area is 252 Å². The quantitative estimate of drug-likeness (QED) is 0.188. The normalized spacial score (nSPS) is 16.3. The largest absolute Gasteiger partial charge is 0.476 e. The van der Waals surface area contributed by atoms with Crippen LogP contribution in [0.1, 0.15) is 56.7 Å². The third kappa shape index (κ3) is 6.73. The van der Waals surface area contributed by atoms with Crippen LogP contribution in [-0.2, 0) is 37.3 Å². The molecule has 1 unspecified atom stereocenters. The molecular weight excluding hydrogens is 581 g/mol. The number of benzene rings is 2. The van der Waals surface area contributed by atoms with Gasteiger partial charge in [0.15, 0.2) is 5.60 Å². The molecule has 2 aromatic heterocycles. The standard InChI is InChI=1S/C32H35F3N2O5S/c1-6-31(29-39-16-7-17-40-29,27-20(2)36-28(43-27)22-8-11-23(12-9-22)32(33,34)35)41-24-13-10-21-14-15-37(25(21)18-24)19-26(38)42-30(3,4)5/h8-15,18,29H,6-7,16-17,19H2,1-5H3. The fourth-order valence-corrected chi connectivity index (χ4v) is 6.44. The molecule has 0 saturated carbocycles. The van der Waals surface area contributed by atoms with Gasteiger partial charge in [0.05, 0.1) is 34.9 Å². The number of hydrogen-bond acceptors (Lipinski definition) is 7. The molecule has 11 heteroatoms. The monoisotopic (exact) mass is 616 g/mol. The zero-order chi connectivity index (χ0) is 31.0. The lowest BCUT2D eigenvalue weighted by Gasteiger charge is -2.41. The Bertz CT molecular complexity index is 1580. The maximum atomic E-state index is 13.2. The smallest absolute Gasteiger partial charge is 0.416 e. The van der Waals surface area contributed by atoms with Crippen molar-refractivity contribution in [3.05, 3.63) is 70.9 Å². The summed E-state index contributed by atoms with van der Waals surface area (Å²) in [6.07, 6.45) is -2.11. The predicted molar refractivity (Wildman–Crippen MR) is 158 cm³/mol. The van der Waals surface area contributed by atoms with Crippen LogP contribution in [0.4, 0.5) is 13.2 Å². The van der Waals surface area contributed by atoms with Crippen LogP contribution in [0.15, 0.2) is 54.7 Å². The highest BCUT2D eigenvalue weighted by Gasteiger charge is 2.47. The minimum Gasteiger partial charge on any atom is -0.476 e. The van der Waals surface area contributed by atoms with Gasteiger partial charge in [-0.25, -0.2) is 4.98 Å².